The first-order chi connectivity index (χ1) is 17.3. The van der Waals surface area contributed by atoms with Gasteiger partial charge in [-0.05, 0) is 59.3 Å². The lowest BCUT2D eigenvalue weighted by Gasteiger charge is -2.45. The first kappa shape index (κ1) is 25.6. The largest absolute Gasteiger partial charge is 0.452 e. The monoisotopic (exact) mass is 554 g/mol. The first-order valence-corrected chi connectivity index (χ1v) is 11.9. The predicted octanol–water partition coefficient (Wildman–Crippen LogP) is 4.12. The summed E-state index contributed by atoms with van der Waals surface area (Å²) in [6.45, 7) is 1.54. The van der Waals surface area contributed by atoms with Gasteiger partial charge in [-0.25, -0.2) is 14.4 Å². The van der Waals surface area contributed by atoms with Crippen molar-refractivity contribution in [2.75, 3.05) is 0 Å². The highest BCUT2D eigenvalue weighted by Gasteiger charge is 2.58. The molecular weight excluding hydrogens is 532 g/mol. The Kier molecular flexibility index (Phi) is 7.83. The smallest absolute Gasteiger partial charge is 0.338 e. The fraction of sp³-hybridized carbons (Fsp3) is 0.222. The van der Waals surface area contributed by atoms with Gasteiger partial charge in [0.2, 0.25) is 6.10 Å². The fourth-order valence-corrected chi connectivity index (χ4v) is 4.41. The van der Waals surface area contributed by atoms with E-state index in [9.17, 15) is 19.5 Å². The summed E-state index contributed by atoms with van der Waals surface area (Å²) in [7, 11) is 0. The molecule has 1 saturated heterocycles. The SMILES string of the molecule is C[C@H]1OC(O)(Br)[C@@H](OC(=O)c2ccccc2)[C@@H](OC(=O)c2ccccc2)[C@@H]1OC(=O)c1ccccc1. The van der Waals surface area contributed by atoms with E-state index in [2.05, 4.69) is 15.9 Å². The molecule has 36 heavy (non-hydrogen) atoms. The van der Waals surface area contributed by atoms with E-state index in [1.807, 2.05) is 0 Å². The minimum Gasteiger partial charge on any atom is -0.452 e. The summed E-state index contributed by atoms with van der Waals surface area (Å²) in [4.78, 5) is 38.7. The van der Waals surface area contributed by atoms with Gasteiger partial charge in [0, 0.05) is 0 Å². The zero-order chi connectivity index (χ0) is 25.7. The number of aliphatic hydroxyl groups is 1. The third-order valence-corrected chi connectivity index (χ3v) is 6.17. The molecule has 1 fully saturated rings. The molecule has 8 nitrogen and oxygen atoms in total. The number of rotatable bonds is 6. The van der Waals surface area contributed by atoms with Crippen LogP contribution in [0.1, 0.15) is 38.0 Å². The molecule has 1 aliphatic rings. The lowest BCUT2D eigenvalue weighted by Crippen LogP contribution is -2.64. The van der Waals surface area contributed by atoms with E-state index in [0.29, 0.717) is 0 Å². The predicted molar refractivity (Wildman–Crippen MR) is 131 cm³/mol. The molecule has 0 radical (unpaired) electrons. The minimum atomic E-state index is -2.24. The molecule has 3 aromatic rings. The Bertz CT molecular complexity index is 1200. The van der Waals surface area contributed by atoms with Crippen LogP contribution in [0.2, 0.25) is 0 Å². The molecule has 0 aromatic heterocycles. The quantitative estimate of drug-likeness (QED) is 0.275. The maximum absolute atomic E-state index is 13.0. The van der Waals surface area contributed by atoms with Crippen LogP contribution in [0.4, 0.5) is 0 Å². The Labute approximate surface area is 215 Å². The van der Waals surface area contributed by atoms with E-state index in [4.69, 9.17) is 18.9 Å². The molecule has 4 rings (SSSR count). The van der Waals surface area contributed by atoms with Crippen LogP contribution in [0.25, 0.3) is 0 Å². The van der Waals surface area contributed by atoms with Gasteiger partial charge in [-0.1, -0.05) is 54.6 Å². The van der Waals surface area contributed by atoms with Crippen LogP contribution < -0.4 is 0 Å². The number of alkyl halides is 1. The van der Waals surface area contributed by atoms with Crippen molar-refractivity contribution in [3.05, 3.63) is 108 Å². The summed E-state index contributed by atoms with van der Waals surface area (Å²) in [5.74, 6) is -2.27. The molecule has 186 valence electrons. The minimum absolute atomic E-state index is 0.199. The maximum Gasteiger partial charge on any atom is 0.338 e. The molecule has 1 aliphatic heterocycles. The number of ether oxygens (including phenoxy) is 4. The first-order valence-electron chi connectivity index (χ1n) is 11.1. The molecular formula is C27H23BrO8. The topological polar surface area (TPSA) is 108 Å². The van der Waals surface area contributed by atoms with Crippen LogP contribution in [-0.2, 0) is 18.9 Å². The summed E-state index contributed by atoms with van der Waals surface area (Å²) >= 11 is 3.05. The van der Waals surface area contributed by atoms with Gasteiger partial charge in [0.1, 0.15) is 0 Å². The van der Waals surface area contributed by atoms with Gasteiger partial charge in [0.15, 0.2) is 12.2 Å². The van der Waals surface area contributed by atoms with Crippen LogP contribution in [0, 0.1) is 0 Å². The van der Waals surface area contributed by atoms with Crippen LogP contribution in [0.15, 0.2) is 91.0 Å². The van der Waals surface area contributed by atoms with Gasteiger partial charge in [0.25, 0.3) is 4.70 Å². The molecule has 0 aliphatic carbocycles. The maximum atomic E-state index is 13.0. The Morgan fingerprint density at radius 2 is 1.06 bits per heavy atom. The number of halogens is 1. The van der Waals surface area contributed by atoms with Gasteiger partial charge < -0.3 is 24.1 Å². The third-order valence-electron chi connectivity index (χ3n) is 5.54. The molecule has 0 spiro atoms. The molecule has 9 heteroatoms. The highest BCUT2D eigenvalue weighted by atomic mass is 79.9. The van der Waals surface area contributed by atoms with Gasteiger partial charge in [0.05, 0.1) is 22.8 Å². The second-order valence-electron chi connectivity index (χ2n) is 8.10. The summed E-state index contributed by atoms with van der Waals surface area (Å²) in [6, 6.07) is 24.4. The molecule has 1 heterocycles. The van der Waals surface area contributed by atoms with Gasteiger partial charge in [-0.15, -0.1) is 0 Å². The van der Waals surface area contributed by atoms with E-state index in [1.165, 1.54) is 19.1 Å². The number of carbonyl (C=O) groups is 3. The van der Waals surface area contributed by atoms with Crippen LogP contribution in [0.5, 0.6) is 0 Å². The number of benzene rings is 3. The summed E-state index contributed by atoms with van der Waals surface area (Å²) in [5, 5.41) is 11.0. The van der Waals surface area contributed by atoms with Crippen LogP contribution in [0.3, 0.4) is 0 Å². The number of hydrogen-bond acceptors (Lipinski definition) is 8. The Hall–Kier alpha value is -3.53. The summed E-state index contributed by atoms with van der Waals surface area (Å²) in [5.41, 5.74) is 0.678. The van der Waals surface area contributed by atoms with E-state index in [0.717, 1.165) is 0 Å². The highest BCUT2D eigenvalue weighted by molar-refractivity contribution is 9.10. The van der Waals surface area contributed by atoms with Crippen molar-refractivity contribution >= 4 is 33.8 Å². The highest BCUT2D eigenvalue weighted by Crippen LogP contribution is 2.38. The Morgan fingerprint density at radius 3 is 1.47 bits per heavy atom. The third kappa shape index (κ3) is 5.81. The number of carbonyl (C=O) groups excluding carboxylic acids is 3. The zero-order valence-corrected chi connectivity index (χ0v) is 20.7. The van der Waals surface area contributed by atoms with E-state index >= 15 is 0 Å². The average molecular weight is 555 g/mol. The molecule has 3 aromatic carbocycles. The summed E-state index contributed by atoms with van der Waals surface area (Å²) in [6.07, 6.45) is -5.20. The fourth-order valence-electron chi connectivity index (χ4n) is 3.76. The molecule has 0 bridgehead atoms. The van der Waals surface area contributed by atoms with Crippen molar-refractivity contribution in [2.24, 2.45) is 0 Å². The normalized spacial score (nSPS) is 25.4. The van der Waals surface area contributed by atoms with Crippen molar-refractivity contribution in [2.45, 2.75) is 36.0 Å². The molecule has 1 N–H and O–H groups in total. The van der Waals surface area contributed by atoms with Gasteiger partial charge in [-0.2, -0.15) is 0 Å². The van der Waals surface area contributed by atoms with Crippen molar-refractivity contribution in [1.29, 1.82) is 0 Å². The lowest BCUT2D eigenvalue weighted by atomic mass is 9.98. The number of hydrogen-bond donors (Lipinski definition) is 1. The van der Waals surface area contributed by atoms with E-state index in [1.54, 1.807) is 78.9 Å². The van der Waals surface area contributed by atoms with Crippen molar-refractivity contribution in [3.63, 3.8) is 0 Å². The Balaban J connectivity index is 1.67. The van der Waals surface area contributed by atoms with Crippen molar-refractivity contribution in [3.8, 4) is 0 Å². The summed E-state index contributed by atoms with van der Waals surface area (Å²) < 4.78 is 20.4. The standard InChI is InChI=1S/C27H23BrO8/c1-17-21(33-24(29)18-11-5-2-6-12-18)22(34-25(30)19-13-7-3-8-14-19)23(27(28,32)36-17)35-26(31)20-15-9-4-10-16-20/h2-17,21-23,32H,1H3/t17-,21-,22+,23+,27?/m1/s1. The second kappa shape index (κ2) is 11.0. The van der Waals surface area contributed by atoms with E-state index in [-0.39, 0.29) is 16.7 Å². The van der Waals surface area contributed by atoms with Crippen LogP contribution >= 0.6 is 15.9 Å². The lowest BCUT2D eigenvalue weighted by molar-refractivity contribution is -0.291. The molecule has 0 saturated carbocycles. The van der Waals surface area contributed by atoms with Crippen molar-refractivity contribution < 1.29 is 38.4 Å². The van der Waals surface area contributed by atoms with E-state index < -0.39 is 47.0 Å². The zero-order valence-electron chi connectivity index (χ0n) is 19.2. The molecule has 0 amide bonds. The number of esters is 3. The average Bonchev–Trinajstić information content (AvgIpc) is 2.89. The Morgan fingerprint density at radius 1 is 0.694 bits per heavy atom. The van der Waals surface area contributed by atoms with Crippen molar-refractivity contribution in [1.82, 2.24) is 0 Å². The second-order valence-corrected chi connectivity index (χ2v) is 9.23. The molecule has 5 atom stereocenters. The van der Waals surface area contributed by atoms with Crippen LogP contribution in [-0.4, -0.2) is 52.1 Å². The molecule has 1 unspecified atom stereocenters. The van der Waals surface area contributed by atoms with Gasteiger partial charge >= 0.3 is 17.9 Å². The van der Waals surface area contributed by atoms with Gasteiger partial charge in [-0.3, -0.25) is 0 Å².